The van der Waals surface area contributed by atoms with Gasteiger partial charge in [0.2, 0.25) is 0 Å². The molecule has 1 saturated heterocycles. The normalized spacial score (nSPS) is 24.8. The first-order valence-electron chi connectivity index (χ1n) is 9.72. The van der Waals surface area contributed by atoms with Gasteiger partial charge in [0.1, 0.15) is 0 Å². The van der Waals surface area contributed by atoms with Gasteiger partial charge in [0.15, 0.2) is 0 Å². The number of hydrogen-bond donors (Lipinski definition) is 0. The smallest absolute Gasteiger partial charge is 0.282 e. The topological polar surface area (TPSA) is 38.8 Å². The quantitative estimate of drug-likeness (QED) is 0.575. The monoisotopic (exact) mass is 387 g/mol. The molecule has 0 unspecified atom stereocenters. The lowest BCUT2D eigenvalue weighted by Crippen LogP contribution is -2.39. The Labute approximate surface area is 163 Å². The van der Waals surface area contributed by atoms with E-state index in [-0.39, 0.29) is 17.8 Å². The molecule has 3 atom stereocenters. The third-order valence-corrected chi connectivity index (χ3v) is 8.29. The first kappa shape index (κ1) is 20.3. The van der Waals surface area contributed by atoms with Crippen LogP contribution in [0, 0.1) is 0 Å². The van der Waals surface area contributed by atoms with Crippen molar-refractivity contribution in [3.8, 4) is 0 Å². The average molecular weight is 387 g/mol. The van der Waals surface area contributed by atoms with Crippen LogP contribution >= 0.6 is 7.52 Å². The Hall–Kier alpha value is -1.45. The highest BCUT2D eigenvalue weighted by Crippen LogP contribution is 2.66. The van der Waals surface area contributed by atoms with E-state index in [1.165, 1.54) is 0 Å². The molecule has 27 heavy (non-hydrogen) atoms. The molecular weight excluding hydrogens is 357 g/mol. The van der Waals surface area contributed by atoms with Gasteiger partial charge in [0.05, 0.1) is 25.0 Å². The third kappa shape index (κ3) is 4.89. The molecule has 0 saturated carbocycles. The summed E-state index contributed by atoms with van der Waals surface area (Å²) in [6.45, 7) is 7.83. The molecule has 146 valence electrons. The number of hydrogen-bond acceptors (Lipinski definition) is 3. The molecule has 0 N–H and O–H groups in total. The van der Waals surface area contributed by atoms with Gasteiger partial charge in [-0.2, -0.15) is 0 Å². The molecule has 3 rings (SSSR count). The largest absolute Gasteiger partial charge is 0.376 e. The molecule has 5 heteroatoms. The molecule has 2 aromatic rings. The number of rotatable bonds is 7. The van der Waals surface area contributed by atoms with Gasteiger partial charge in [-0.25, -0.2) is 4.67 Å². The maximum atomic E-state index is 14.2. The van der Waals surface area contributed by atoms with Crippen molar-refractivity contribution < 1.29 is 13.8 Å². The van der Waals surface area contributed by atoms with Crippen LogP contribution in [0.15, 0.2) is 60.7 Å². The van der Waals surface area contributed by atoms with E-state index >= 15 is 0 Å². The maximum absolute atomic E-state index is 14.2. The van der Waals surface area contributed by atoms with Crippen molar-refractivity contribution in [2.45, 2.75) is 51.6 Å². The summed E-state index contributed by atoms with van der Waals surface area (Å²) in [5, 5.41) is 0. The van der Waals surface area contributed by atoms with Gasteiger partial charge in [-0.15, -0.1) is 0 Å². The highest BCUT2D eigenvalue weighted by molar-refractivity contribution is 7.57. The fraction of sp³-hybridized carbons (Fsp3) is 0.455. The summed E-state index contributed by atoms with van der Waals surface area (Å²) in [5.41, 5.74) is 1.82. The van der Waals surface area contributed by atoms with Crippen LogP contribution in [0.3, 0.4) is 0 Å². The lowest BCUT2D eigenvalue weighted by Gasteiger charge is -2.43. The predicted octanol–water partition coefficient (Wildman–Crippen LogP) is 5.66. The molecule has 4 nitrogen and oxygen atoms in total. The van der Waals surface area contributed by atoms with E-state index < -0.39 is 7.52 Å². The number of ether oxygens (including phenoxy) is 1. The molecule has 1 aliphatic heterocycles. The first-order chi connectivity index (χ1) is 13.0. The molecule has 0 amide bonds. The Balaban J connectivity index is 1.85. The van der Waals surface area contributed by atoms with Gasteiger partial charge in [0, 0.05) is 12.6 Å². The molecule has 0 spiro atoms. The Morgan fingerprint density at radius 3 is 2.37 bits per heavy atom. The minimum Gasteiger partial charge on any atom is -0.376 e. The minimum absolute atomic E-state index is 0.00818. The molecule has 2 aromatic carbocycles. The molecule has 1 heterocycles. The zero-order valence-corrected chi connectivity index (χ0v) is 17.3. The van der Waals surface area contributed by atoms with Gasteiger partial charge < -0.3 is 9.26 Å². The second kappa shape index (κ2) is 9.16. The molecule has 0 aromatic heterocycles. The molecule has 0 radical (unpaired) electrons. The van der Waals surface area contributed by atoms with E-state index in [9.17, 15) is 4.57 Å². The maximum Gasteiger partial charge on any atom is 0.282 e. The summed E-state index contributed by atoms with van der Waals surface area (Å²) >= 11 is 0. The minimum atomic E-state index is -3.08. The van der Waals surface area contributed by atoms with Crippen molar-refractivity contribution in [1.29, 1.82) is 0 Å². The van der Waals surface area contributed by atoms with Crippen molar-refractivity contribution >= 4 is 7.52 Å². The van der Waals surface area contributed by atoms with Crippen LogP contribution in [-0.4, -0.2) is 30.0 Å². The lowest BCUT2D eigenvalue weighted by atomic mass is 10.1. The van der Waals surface area contributed by atoms with Gasteiger partial charge in [-0.05, 0) is 38.3 Å². The van der Waals surface area contributed by atoms with E-state index in [0.717, 1.165) is 24.1 Å². The zero-order valence-electron chi connectivity index (χ0n) is 16.5. The van der Waals surface area contributed by atoms with Gasteiger partial charge in [0.25, 0.3) is 7.52 Å². The van der Waals surface area contributed by atoms with Crippen molar-refractivity contribution in [2.75, 3.05) is 13.2 Å². The summed E-state index contributed by atoms with van der Waals surface area (Å²) in [6.07, 6.45) is 0.889. The van der Waals surface area contributed by atoms with Crippen LogP contribution < -0.4 is 0 Å². The van der Waals surface area contributed by atoms with E-state index in [4.69, 9.17) is 9.26 Å². The summed E-state index contributed by atoms with van der Waals surface area (Å²) in [5.74, 6) is 0. The second-order valence-corrected chi connectivity index (χ2v) is 9.93. The fourth-order valence-corrected chi connectivity index (χ4v) is 6.70. The van der Waals surface area contributed by atoms with E-state index in [1.54, 1.807) is 0 Å². The van der Waals surface area contributed by atoms with E-state index in [1.807, 2.05) is 67.6 Å². The SMILES string of the molecule is CC(C)N1CC[C@H](C)O[P@]1(=O)[C@@H](COCc1ccccc1)c1ccccc1. The second-order valence-electron chi connectivity index (χ2n) is 7.45. The first-order valence-corrected chi connectivity index (χ1v) is 11.4. The van der Waals surface area contributed by atoms with Crippen LogP contribution in [-0.2, 0) is 20.4 Å². The summed E-state index contributed by atoms with van der Waals surface area (Å²) in [6, 6.07) is 20.2. The van der Waals surface area contributed by atoms with Crippen molar-refractivity contribution in [3.63, 3.8) is 0 Å². The van der Waals surface area contributed by atoms with Crippen LogP contribution in [0.4, 0.5) is 0 Å². The highest BCUT2D eigenvalue weighted by Gasteiger charge is 2.46. The third-order valence-electron chi connectivity index (χ3n) is 5.02. The standard InChI is InChI=1S/C22H30NO3P/c1-18(2)23-15-14-19(3)26-27(23,24)22(21-12-8-5-9-13-21)17-25-16-20-10-6-4-7-11-20/h4-13,18-19,22H,14-17H2,1-3H3/t19-,22-,27+/m0/s1. The Morgan fingerprint density at radius 1 is 1.11 bits per heavy atom. The molecule has 0 aliphatic carbocycles. The summed E-state index contributed by atoms with van der Waals surface area (Å²) < 4.78 is 28.4. The van der Waals surface area contributed by atoms with Crippen LogP contribution in [0.5, 0.6) is 0 Å². The molecular formula is C22H30NO3P. The van der Waals surface area contributed by atoms with E-state index in [0.29, 0.717) is 13.2 Å². The van der Waals surface area contributed by atoms with Gasteiger partial charge in [-0.1, -0.05) is 60.7 Å². The van der Waals surface area contributed by atoms with E-state index in [2.05, 4.69) is 18.5 Å². The van der Waals surface area contributed by atoms with Crippen LogP contribution in [0.2, 0.25) is 0 Å². The Bertz CT molecular complexity index is 751. The number of nitrogens with zero attached hydrogens (tertiary/aromatic N) is 1. The average Bonchev–Trinajstić information content (AvgIpc) is 2.66. The van der Waals surface area contributed by atoms with Crippen molar-refractivity contribution in [1.82, 2.24) is 4.67 Å². The van der Waals surface area contributed by atoms with Crippen molar-refractivity contribution in [2.24, 2.45) is 0 Å². The fourth-order valence-electron chi connectivity index (χ4n) is 3.57. The Morgan fingerprint density at radius 2 is 1.74 bits per heavy atom. The van der Waals surface area contributed by atoms with Crippen LogP contribution in [0.1, 0.15) is 44.0 Å². The number of benzene rings is 2. The predicted molar refractivity (Wildman–Crippen MR) is 110 cm³/mol. The molecule has 1 fully saturated rings. The highest BCUT2D eigenvalue weighted by atomic mass is 31.2. The zero-order chi connectivity index (χ0) is 19.3. The summed E-state index contributed by atoms with van der Waals surface area (Å²) in [7, 11) is -3.08. The summed E-state index contributed by atoms with van der Waals surface area (Å²) in [4.78, 5) is 0. The van der Waals surface area contributed by atoms with Crippen molar-refractivity contribution in [3.05, 3.63) is 71.8 Å². The van der Waals surface area contributed by atoms with Gasteiger partial charge in [-0.3, -0.25) is 4.57 Å². The Kier molecular flexibility index (Phi) is 6.88. The van der Waals surface area contributed by atoms with Crippen LogP contribution in [0.25, 0.3) is 0 Å². The van der Waals surface area contributed by atoms with Gasteiger partial charge >= 0.3 is 0 Å². The molecule has 1 aliphatic rings. The lowest BCUT2D eigenvalue weighted by molar-refractivity contribution is 0.0917. The molecule has 0 bridgehead atoms.